The highest BCUT2D eigenvalue weighted by atomic mass is 19.1. The zero-order valence-corrected chi connectivity index (χ0v) is 14.2. The van der Waals surface area contributed by atoms with Gasteiger partial charge in [-0.25, -0.2) is 4.39 Å². The van der Waals surface area contributed by atoms with Crippen LogP contribution in [0.4, 0.5) is 4.39 Å². The van der Waals surface area contributed by atoms with Crippen molar-refractivity contribution < 1.29 is 23.4 Å². The molecule has 1 aromatic heterocycles. The molecule has 0 unspecified atom stereocenters. The van der Waals surface area contributed by atoms with Crippen LogP contribution in [0.1, 0.15) is 11.7 Å². The van der Waals surface area contributed by atoms with Gasteiger partial charge in [0.25, 0.3) is 0 Å². The van der Waals surface area contributed by atoms with Gasteiger partial charge in [0.15, 0.2) is 0 Å². The van der Waals surface area contributed by atoms with E-state index in [9.17, 15) is 9.18 Å². The minimum absolute atomic E-state index is 0.0390. The molecule has 4 rings (SSSR count). The predicted octanol–water partition coefficient (Wildman–Crippen LogP) is 1.53. The van der Waals surface area contributed by atoms with Gasteiger partial charge in [-0.15, -0.1) is 0 Å². The van der Waals surface area contributed by atoms with E-state index < -0.39 is 6.10 Å². The van der Waals surface area contributed by atoms with Gasteiger partial charge in [0.05, 0.1) is 32.1 Å². The van der Waals surface area contributed by atoms with Crippen molar-refractivity contribution in [1.29, 1.82) is 0 Å². The smallest absolute Gasteiger partial charge is 0.248 e. The van der Waals surface area contributed by atoms with E-state index >= 15 is 0 Å². The molecule has 2 saturated heterocycles. The Balaban J connectivity index is 1.36. The number of carbonyl (C=O) groups is 1. The lowest BCUT2D eigenvalue weighted by molar-refractivity contribution is -0.159. The Morgan fingerprint density at radius 1 is 1.27 bits per heavy atom. The van der Waals surface area contributed by atoms with Crippen molar-refractivity contribution >= 4 is 5.91 Å². The van der Waals surface area contributed by atoms with E-state index in [-0.39, 0.29) is 31.0 Å². The molecule has 0 spiro atoms. The summed E-state index contributed by atoms with van der Waals surface area (Å²) in [4.78, 5) is 13.5. The number of amides is 1. The number of H-pyrrole nitrogens is 1. The van der Waals surface area contributed by atoms with Gasteiger partial charge in [-0.05, 0) is 11.6 Å². The van der Waals surface area contributed by atoms with Crippen LogP contribution in [-0.4, -0.2) is 66.6 Å². The molecule has 7 nitrogen and oxygen atoms in total. The van der Waals surface area contributed by atoms with Crippen molar-refractivity contribution in [3.8, 4) is 11.1 Å². The molecule has 0 radical (unpaired) electrons. The molecule has 8 heteroatoms. The molecule has 0 bridgehead atoms. The number of nitrogens with zero attached hydrogens (tertiary/aromatic N) is 2. The fourth-order valence-corrected chi connectivity index (χ4v) is 3.19. The third-order valence-electron chi connectivity index (χ3n) is 4.65. The molecule has 1 N–H and O–H groups in total. The molecule has 1 amide bonds. The van der Waals surface area contributed by atoms with Crippen LogP contribution in [0, 0.1) is 5.82 Å². The molecular formula is C18H20FN3O4. The lowest BCUT2D eigenvalue weighted by atomic mass is 10.0. The second-order valence-electron chi connectivity index (χ2n) is 6.39. The summed E-state index contributed by atoms with van der Waals surface area (Å²) >= 11 is 0. The predicted molar refractivity (Wildman–Crippen MR) is 89.8 cm³/mol. The summed E-state index contributed by atoms with van der Waals surface area (Å²) < 4.78 is 31.3. The SMILES string of the molecule is O=C1COCCN1C[C@H]1CO[C@H](c2ccc(-c3cn[nH]c3)cc2F)CO1. The quantitative estimate of drug-likeness (QED) is 0.894. The van der Waals surface area contributed by atoms with E-state index in [1.165, 1.54) is 6.07 Å². The second kappa shape index (κ2) is 7.53. The summed E-state index contributed by atoms with van der Waals surface area (Å²) in [5, 5.41) is 6.59. The number of morpholine rings is 1. The number of rotatable bonds is 4. The zero-order chi connectivity index (χ0) is 17.9. The highest BCUT2D eigenvalue weighted by Gasteiger charge is 2.29. The van der Waals surface area contributed by atoms with E-state index in [1.54, 1.807) is 23.4 Å². The van der Waals surface area contributed by atoms with Gasteiger partial charge in [0.2, 0.25) is 5.91 Å². The lowest BCUT2D eigenvalue weighted by Gasteiger charge is -2.34. The Bertz CT molecular complexity index is 760. The number of aromatic nitrogens is 2. The first-order chi connectivity index (χ1) is 12.7. The fraction of sp³-hybridized carbons (Fsp3) is 0.444. The summed E-state index contributed by atoms with van der Waals surface area (Å²) in [6, 6.07) is 5.03. The molecule has 2 fully saturated rings. The average Bonchev–Trinajstić information content (AvgIpc) is 3.19. The van der Waals surface area contributed by atoms with E-state index in [4.69, 9.17) is 14.2 Å². The number of carbonyl (C=O) groups excluding carboxylic acids is 1. The highest BCUT2D eigenvalue weighted by Crippen LogP contribution is 2.29. The summed E-state index contributed by atoms with van der Waals surface area (Å²) in [5.41, 5.74) is 2.05. The van der Waals surface area contributed by atoms with Gasteiger partial charge in [-0.1, -0.05) is 12.1 Å². The van der Waals surface area contributed by atoms with Gasteiger partial charge < -0.3 is 19.1 Å². The molecule has 1 aromatic carbocycles. The standard InChI is InChI=1S/C18H20FN3O4/c19-16-5-12(13-6-20-21-7-13)1-2-15(16)17-10-25-14(9-26-17)8-22-3-4-24-11-18(22)23/h1-2,5-7,14,17H,3-4,8-11H2,(H,20,21)/t14-,17-/m0/s1. The largest absolute Gasteiger partial charge is 0.371 e. The zero-order valence-electron chi connectivity index (χ0n) is 14.2. The molecule has 0 aliphatic carbocycles. The maximum absolute atomic E-state index is 14.5. The van der Waals surface area contributed by atoms with Crippen molar-refractivity contribution in [1.82, 2.24) is 15.1 Å². The molecule has 0 saturated carbocycles. The number of benzene rings is 1. The molecule has 2 aliphatic rings. The first-order valence-corrected chi connectivity index (χ1v) is 8.58. The Morgan fingerprint density at radius 2 is 2.19 bits per heavy atom. The van der Waals surface area contributed by atoms with Gasteiger partial charge in [-0.3, -0.25) is 9.89 Å². The summed E-state index contributed by atoms with van der Waals surface area (Å²) in [5.74, 6) is -0.373. The molecule has 2 aromatic rings. The highest BCUT2D eigenvalue weighted by molar-refractivity contribution is 5.78. The molecule has 138 valence electrons. The van der Waals surface area contributed by atoms with Gasteiger partial charge >= 0.3 is 0 Å². The Morgan fingerprint density at radius 3 is 2.88 bits per heavy atom. The molecular weight excluding hydrogens is 341 g/mol. The van der Waals surface area contributed by atoms with Crippen LogP contribution in [0.2, 0.25) is 0 Å². The Kier molecular flexibility index (Phi) is 4.96. The number of aromatic amines is 1. The van der Waals surface area contributed by atoms with Crippen molar-refractivity contribution in [3.63, 3.8) is 0 Å². The van der Waals surface area contributed by atoms with Crippen LogP contribution < -0.4 is 0 Å². The van der Waals surface area contributed by atoms with Crippen LogP contribution in [0.15, 0.2) is 30.6 Å². The topological polar surface area (TPSA) is 76.7 Å². The van der Waals surface area contributed by atoms with E-state index in [2.05, 4.69) is 10.2 Å². The van der Waals surface area contributed by atoms with E-state index in [0.29, 0.717) is 31.9 Å². The van der Waals surface area contributed by atoms with Gasteiger partial charge in [0, 0.05) is 30.4 Å². The Labute approximate surface area is 150 Å². The van der Waals surface area contributed by atoms with E-state index in [0.717, 1.165) is 11.1 Å². The Hall–Kier alpha value is -2.29. The maximum atomic E-state index is 14.5. The maximum Gasteiger partial charge on any atom is 0.248 e. The van der Waals surface area contributed by atoms with Crippen LogP contribution >= 0.6 is 0 Å². The summed E-state index contributed by atoms with van der Waals surface area (Å²) in [6.07, 6.45) is 2.70. The minimum Gasteiger partial charge on any atom is -0.371 e. The summed E-state index contributed by atoms with van der Waals surface area (Å²) in [7, 11) is 0. The van der Waals surface area contributed by atoms with Gasteiger partial charge in [-0.2, -0.15) is 5.10 Å². The van der Waals surface area contributed by atoms with Gasteiger partial charge in [0.1, 0.15) is 18.5 Å². The van der Waals surface area contributed by atoms with Crippen LogP contribution in [-0.2, 0) is 19.0 Å². The average molecular weight is 361 g/mol. The first-order valence-electron chi connectivity index (χ1n) is 8.58. The molecule has 3 heterocycles. The van der Waals surface area contributed by atoms with Crippen LogP contribution in [0.5, 0.6) is 0 Å². The van der Waals surface area contributed by atoms with Crippen molar-refractivity contribution in [3.05, 3.63) is 42.0 Å². The molecule has 26 heavy (non-hydrogen) atoms. The molecule has 2 atom stereocenters. The minimum atomic E-state index is -0.454. The lowest BCUT2D eigenvalue weighted by Crippen LogP contribution is -2.48. The number of nitrogens with one attached hydrogen (secondary N) is 1. The fourth-order valence-electron chi connectivity index (χ4n) is 3.19. The third kappa shape index (κ3) is 3.62. The van der Waals surface area contributed by atoms with Crippen molar-refractivity contribution in [2.45, 2.75) is 12.2 Å². The summed E-state index contributed by atoms with van der Waals surface area (Å²) in [6.45, 7) is 2.26. The van der Waals surface area contributed by atoms with Crippen LogP contribution in [0.3, 0.4) is 0 Å². The molecule has 2 aliphatic heterocycles. The second-order valence-corrected chi connectivity index (χ2v) is 6.39. The first kappa shape index (κ1) is 17.1. The number of hydrogen-bond acceptors (Lipinski definition) is 5. The number of halogens is 1. The normalized spacial score (nSPS) is 24.0. The number of ether oxygens (including phenoxy) is 3. The van der Waals surface area contributed by atoms with Crippen molar-refractivity contribution in [2.24, 2.45) is 0 Å². The number of hydrogen-bond donors (Lipinski definition) is 1. The van der Waals surface area contributed by atoms with E-state index in [1.807, 2.05) is 6.07 Å². The third-order valence-corrected chi connectivity index (χ3v) is 4.65. The monoisotopic (exact) mass is 361 g/mol. The van der Waals surface area contributed by atoms with Crippen LogP contribution in [0.25, 0.3) is 11.1 Å². The van der Waals surface area contributed by atoms with Crippen molar-refractivity contribution in [2.75, 3.05) is 39.5 Å².